The van der Waals surface area contributed by atoms with Gasteiger partial charge in [-0.15, -0.1) is 0 Å². The molecule has 1 aliphatic carbocycles. The number of carbonyl (C=O) groups excluding carboxylic acids is 4. The number of aryl methyl sites for hydroxylation is 1. The van der Waals surface area contributed by atoms with Crippen LogP contribution >= 0.6 is 0 Å². The predicted molar refractivity (Wildman–Crippen MR) is 166 cm³/mol. The molecule has 43 heavy (non-hydrogen) atoms. The Morgan fingerprint density at radius 2 is 1.58 bits per heavy atom. The molecule has 0 bridgehead atoms. The Labute approximate surface area is 250 Å². The molecule has 2 aromatic carbocycles. The summed E-state index contributed by atoms with van der Waals surface area (Å²) >= 11 is 0. The van der Waals surface area contributed by atoms with Gasteiger partial charge in [0.15, 0.2) is 0 Å². The first-order valence-corrected chi connectivity index (χ1v) is 14.4. The zero-order chi connectivity index (χ0) is 30.7. The minimum absolute atomic E-state index is 0.350. The van der Waals surface area contributed by atoms with Gasteiger partial charge >= 0.3 is 11.8 Å². The molecular formula is C33H36N6O4. The van der Waals surface area contributed by atoms with E-state index in [1.54, 1.807) is 32.2 Å². The number of nitrogens with zero attached hydrogens (tertiary/aromatic N) is 2. The third-order valence-electron chi connectivity index (χ3n) is 8.04. The fourth-order valence-electron chi connectivity index (χ4n) is 5.75. The molecule has 0 atom stereocenters. The van der Waals surface area contributed by atoms with Gasteiger partial charge in [0.05, 0.1) is 11.4 Å². The Balaban J connectivity index is 1.36. The molecule has 0 unspecified atom stereocenters. The molecule has 1 saturated carbocycles. The van der Waals surface area contributed by atoms with Crippen molar-refractivity contribution in [3.05, 3.63) is 78.0 Å². The van der Waals surface area contributed by atoms with Crippen molar-refractivity contribution >= 4 is 45.9 Å². The molecule has 0 spiro atoms. The summed E-state index contributed by atoms with van der Waals surface area (Å²) < 4.78 is 2.13. The number of primary amides is 1. The van der Waals surface area contributed by atoms with Crippen molar-refractivity contribution in [3.63, 3.8) is 0 Å². The van der Waals surface area contributed by atoms with Gasteiger partial charge in [-0.3, -0.25) is 24.2 Å². The number of pyridine rings is 1. The quantitative estimate of drug-likeness (QED) is 0.231. The van der Waals surface area contributed by atoms with E-state index in [-0.39, 0.29) is 5.91 Å². The number of rotatable bonds is 7. The molecule has 4 aromatic rings. The highest BCUT2D eigenvalue weighted by molar-refractivity contribution is 6.39. The van der Waals surface area contributed by atoms with Crippen LogP contribution in [0.2, 0.25) is 0 Å². The van der Waals surface area contributed by atoms with Crippen LogP contribution in [0.1, 0.15) is 67.8 Å². The van der Waals surface area contributed by atoms with Gasteiger partial charge in [0.2, 0.25) is 5.91 Å². The highest BCUT2D eigenvalue weighted by Crippen LogP contribution is 2.43. The van der Waals surface area contributed by atoms with Gasteiger partial charge < -0.3 is 26.3 Å². The molecule has 10 heteroatoms. The maximum absolute atomic E-state index is 13.4. The summed E-state index contributed by atoms with van der Waals surface area (Å²) in [5, 5.41) is 9.12. The highest BCUT2D eigenvalue weighted by atomic mass is 16.2. The third-order valence-corrected chi connectivity index (χ3v) is 8.04. The number of hydrogen-bond acceptors (Lipinski definition) is 5. The first kappa shape index (κ1) is 29.5. The van der Waals surface area contributed by atoms with Crippen molar-refractivity contribution in [2.75, 3.05) is 10.6 Å². The number of hydrogen-bond donors (Lipinski definition) is 4. The average molecular weight is 581 g/mol. The number of carbonyl (C=O) groups is 4. The van der Waals surface area contributed by atoms with E-state index in [1.807, 2.05) is 43.4 Å². The van der Waals surface area contributed by atoms with Crippen LogP contribution < -0.4 is 21.7 Å². The van der Waals surface area contributed by atoms with Crippen LogP contribution in [0, 0.1) is 0 Å². The Kier molecular flexibility index (Phi) is 8.29. The second-order valence-electron chi connectivity index (χ2n) is 11.5. The lowest BCUT2D eigenvalue weighted by molar-refractivity contribution is -0.134. The lowest BCUT2D eigenvalue weighted by Gasteiger charge is -2.25. The van der Waals surface area contributed by atoms with Gasteiger partial charge in [-0.1, -0.05) is 31.4 Å². The van der Waals surface area contributed by atoms with Crippen molar-refractivity contribution in [1.29, 1.82) is 0 Å². The molecule has 5 N–H and O–H groups in total. The van der Waals surface area contributed by atoms with E-state index in [1.165, 1.54) is 37.0 Å². The minimum Gasteiger partial charge on any atom is -0.361 e. The fourth-order valence-corrected chi connectivity index (χ4v) is 5.75. The number of benzene rings is 2. The summed E-state index contributed by atoms with van der Waals surface area (Å²) in [7, 11) is 2.02. The Morgan fingerprint density at radius 3 is 2.21 bits per heavy atom. The van der Waals surface area contributed by atoms with Crippen LogP contribution in [-0.4, -0.2) is 38.7 Å². The summed E-state index contributed by atoms with van der Waals surface area (Å²) in [6.45, 7) is 3.26. The first-order chi connectivity index (χ1) is 20.5. The van der Waals surface area contributed by atoms with Crippen LogP contribution in [0.15, 0.2) is 66.9 Å². The fraction of sp³-hybridized carbons (Fsp3) is 0.303. The summed E-state index contributed by atoms with van der Waals surface area (Å²) in [5.41, 5.74) is 9.20. The van der Waals surface area contributed by atoms with Gasteiger partial charge in [0.25, 0.3) is 5.91 Å². The molecule has 1 fully saturated rings. The lowest BCUT2D eigenvalue weighted by atomic mass is 9.82. The van der Waals surface area contributed by atoms with Gasteiger partial charge in [-0.25, -0.2) is 0 Å². The van der Waals surface area contributed by atoms with Crippen molar-refractivity contribution in [2.24, 2.45) is 12.8 Å². The Morgan fingerprint density at radius 1 is 0.907 bits per heavy atom. The minimum atomic E-state index is -1.24. The van der Waals surface area contributed by atoms with Crippen LogP contribution in [0.5, 0.6) is 0 Å². The maximum Gasteiger partial charge on any atom is 0.313 e. The number of fused-ring (bicyclic) bond motifs is 1. The summed E-state index contributed by atoms with van der Waals surface area (Å²) in [4.78, 5) is 53.7. The van der Waals surface area contributed by atoms with Gasteiger partial charge in [-0.2, -0.15) is 0 Å². The predicted octanol–water partition coefficient (Wildman–Crippen LogP) is 4.86. The number of aromatic nitrogens is 2. The van der Waals surface area contributed by atoms with E-state index < -0.39 is 23.3 Å². The van der Waals surface area contributed by atoms with E-state index in [2.05, 4.69) is 25.5 Å². The zero-order valence-corrected chi connectivity index (χ0v) is 24.6. The van der Waals surface area contributed by atoms with Gasteiger partial charge in [0, 0.05) is 41.1 Å². The molecule has 0 saturated heterocycles. The first-order valence-electron chi connectivity index (χ1n) is 14.4. The molecule has 4 amide bonds. The van der Waals surface area contributed by atoms with Crippen molar-refractivity contribution < 1.29 is 19.2 Å². The maximum atomic E-state index is 13.4. The second kappa shape index (κ2) is 12.1. The third kappa shape index (κ3) is 6.28. The standard InChI is InChI=1S/C33H36N6O4/c1-33(2,32(43)37-23-15-13-22(14-16-23)36-31(42)29(34)40)38-30(41)21-12-17-24-26(19-21)39(3)28(25-11-7-8-18-35-25)27(24)20-9-5-4-6-10-20/h7-8,11-20H,4-6,9-10H2,1-3H3,(H2,34,40)(H,36,42)(H,37,43)(H,38,41). The molecular weight excluding hydrogens is 544 g/mol. The molecule has 222 valence electrons. The largest absolute Gasteiger partial charge is 0.361 e. The number of nitrogens with two attached hydrogens (primary N) is 1. The average Bonchev–Trinajstić information content (AvgIpc) is 3.30. The molecule has 2 heterocycles. The van der Waals surface area contributed by atoms with Gasteiger partial charge in [0.1, 0.15) is 5.54 Å². The zero-order valence-electron chi connectivity index (χ0n) is 24.6. The Bertz CT molecular complexity index is 1690. The van der Waals surface area contributed by atoms with Crippen LogP contribution in [0.4, 0.5) is 11.4 Å². The topological polar surface area (TPSA) is 148 Å². The Hall–Kier alpha value is -4.99. The lowest BCUT2D eigenvalue weighted by Crippen LogP contribution is -2.52. The summed E-state index contributed by atoms with van der Waals surface area (Å²) in [5.74, 6) is -2.39. The molecule has 5 rings (SSSR count). The molecule has 10 nitrogen and oxygen atoms in total. The molecule has 1 aliphatic rings. The molecule has 2 aromatic heterocycles. The monoisotopic (exact) mass is 580 g/mol. The van der Waals surface area contributed by atoms with Crippen molar-refractivity contribution in [3.8, 4) is 11.4 Å². The molecule has 0 radical (unpaired) electrons. The molecule has 0 aliphatic heterocycles. The van der Waals surface area contributed by atoms with E-state index in [0.29, 0.717) is 22.9 Å². The van der Waals surface area contributed by atoms with E-state index >= 15 is 0 Å². The number of amides is 4. The summed E-state index contributed by atoms with van der Waals surface area (Å²) in [6.07, 6.45) is 7.74. The van der Waals surface area contributed by atoms with E-state index in [0.717, 1.165) is 35.1 Å². The van der Waals surface area contributed by atoms with Gasteiger partial charge in [-0.05, 0) is 86.7 Å². The highest BCUT2D eigenvalue weighted by Gasteiger charge is 2.31. The van der Waals surface area contributed by atoms with E-state index in [9.17, 15) is 19.2 Å². The van der Waals surface area contributed by atoms with Crippen molar-refractivity contribution in [1.82, 2.24) is 14.9 Å². The smallest absolute Gasteiger partial charge is 0.313 e. The SMILES string of the molecule is Cn1c(-c2ccccn2)c(C2CCCCC2)c2ccc(C(=O)NC(C)(C)C(=O)Nc3ccc(NC(=O)C(N)=O)cc3)cc21. The second-order valence-corrected chi connectivity index (χ2v) is 11.5. The summed E-state index contributed by atoms with van der Waals surface area (Å²) in [6, 6.07) is 17.8. The van der Waals surface area contributed by atoms with E-state index in [4.69, 9.17) is 5.73 Å². The van der Waals surface area contributed by atoms with Crippen LogP contribution in [0.25, 0.3) is 22.3 Å². The van der Waals surface area contributed by atoms with Crippen LogP contribution in [0.3, 0.4) is 0 Å². The number of anilines is 2. The normalized spacial score (nSPS) is 13.8. The van der Waals surface area contributed by atoms with Crippen molar-refractivity contribution in [2.45, 2.75) is 57.4 Å². The van der Waals surface area contributed by atoms with Crippen LogP contribution in [-0.2, 0) is 21.4 Å². The number of nitrogens with one attached hydrogen (secondary N) is 3.